The molecule has 1 aliphatic carbocycles. The summed E-state index contributed by atoms with van der Waals surface area (Å²) >= 11 is 0. The standard InChI is InChI=1S/C26H31N3O4.CH4/c1-18(30)24(26(32)29-33)28-25(31)22-15-13-20(14-16-22)8-7-19-9-11-21(12-10-19)17-27-23-5-3-2-4-6-23;/h9-16,18,23-24,27,30,33H,2-6,17H2,1H3,(H,28,31)(H,29,32);1H4/t18-,24+;/m1./s1. The lowest BCUT2D eigenvalue weighted by atomic mass is 9.95. The fraction of sp³-hybridized carbons (Fsp3) is 0.407. The molecule has 0 aliphatic heterocycles. The molecule has 0 bridgehead atoms. The van der Waals surface area contributed by atoms with Crippen molar-refractivity contribution in [3.05, 3.63) is 70.8 Å². The first kappa shape index (κ1) is 27.1. The van der Waals surface area contributed by atoms with Gasteiger partial charge in [-0.2, -0.15) is 0 Å². The molecule has 2 atom stereocenters. The summed E-state index contributed by atoms with van der Waals surface area (Å²) in [6.45, 7) is 2.22. The zero-order valence-electron chi connectivity index (χ0n) is 18.8. The maximum Gasteiger partial charge on any atom is 0.268 e. The number of hydrogen-bond donors (Lipinski definition) is 5. The fourth-order valence-electron chi connectivity index (χ4n) is 3.82. The Morgan fingerprint density at radius 2 is 1.53 bits per heavy atom. The average Bonchev–Trinajstić information content (AvgIpc) is 2.85. The Balaban J connectivity index is 0.00000408. The van der Waals surface area contributed by atoms with Gasteiger partial charge < -0.3 is 15.7 Å². The summed E-state index contributed by atoms with van der Waals surface area (Å²) in [5, 5.41) is 24.4. The molecule has 34 heavy (non-hydrogen) atoms. The van der Waals surface area contributed by atoms with Crippen LogP contribution in [0.25, 0.3) is 0 Å². The zero-order valence-corrected chi connectivity index (χ0v) is 18.8. The van der Waals surface area contributed by atoms with E-state index in [-0.39, 0.29) is 7.43 Å². The molecule has 3 rings (SSSR count). The summed E-state index contributed by atoms with van der Waals surface area (Å²) in [6.07, 6.45) is 5.36. The predicted molar refractivity (Wildman–Crippen MR) is 132 cm³/mol. The molecular weight excluding hydrogens is 430 g/mol. The third-order valence-corrected chi connectivity index (χ3v) is 5.81. The Kier molecular flexibility index (Phi) is 10.8. The molecule has 182 valence electrons. The van der Waals surface area contributed by atoms with Gasteiger partial charge in [-0.05, 0) is 61.7 Å². The maximum atomic E-state index is 12.3. The van der Waals surface area contributed by atoms with Gasteiger partial charge in [0, 0.05) is 29.3 Å². The van der Waals surface area contributed by atoms with Gasteiger partial charge in [0.25, 0.3) is 11.8 Å². The highest BCUT2D eigenvalue weighted by atomic mass is 16.5. The first-order valence-corrected chi connectivity index (χ1v) is 11.3. The Bertz CT molecular complexity index is 985. The molecule has 7 nitrogen and oxygen atoms in total. The molecule has 0 aromatic heterocycles. The monoisotopic (exact) mass is 465 g/mol. The molecule has 0 saturated heterocycles. The van der Waals surface area contributed by atoms with Crippen molar-refractivity contribution in [1.29, 1.82) is 0 Å². The van der Waals surface area contributed by atoms with E-state index in [0.717, 1.165) is 17.7 Å². The summed E-state index contributed by atoms with van der Waals surface area (Å²) in [4.78, 5) is 23.9. The highest BCUT2D eigenvalue weighted by Crippen LogP contribution is 2.18. The van der Waals surface area contributed by atoms with Gasteiger partial charge in [0.05, 0.1) is 6.10 Å². The zero-order chi connectivity index (χ0) is 23.6. The van der Waals surface area contributed by atoms with Crippen LogP contribution in [0, 0.1) is 11.8 Å². The molecule has 7 heteroatoms. The highest BCUT2D eigenvalue weighted by Gasteiger charge is 2.25. The van der Waals surface area contributed by atoms with E-state index < -0.39 is 24.0 Å². The Morgan fingerprint density at radius 3 is 2.06 bits per heavy atom. The van der Waals surface area contributed by atoms with Crippen molar-refractivity contribution < 1.29 is 19.9 Å². The lowest BCUT2D eigenvalue weighted by Crippen LogP contribution is -2.51. The van der Waals surface area contributed by atoms with Crippen molar-refractivity contribution in [2.24, 2.45) is 0 Å². The van der Waals surface area contributed by atoms with Crippen LogP contribution in [-0.2, 0) is 11.3 Å². The van der Waals surface area contributed by atoms with Crippen LogP contribution in [0.15, 0.2) is 48.5 Å². The predicted octanol–water partition coefficient (Wildman–Crippen LogP) is 3.13. The molecule has 0 spiro atoms. The van der Waals surface area contributed by atoms with Crippen LogP contribution in [0.5, 0.6) is 0 Å². The van der Waals surface area contributed by atoms with Crippen molar-refractivity contribution in [1.82, 2.24) is 16.1 Å². The average molecular weight is 466 g/mol. The van der Waals surface area contributed by atoms with E-state index in [9.17, 15) is 14.7 Å². The minimum atomic E-state index is -1.26. The van der Waals surface area contributed by atoms with Gasteiger partial charge >= 0.3 is 0 Å². The topological polar surface area (TPSA) is 111 Å². The second-order valence-electron chi connectivity index (χ2n) is 8.41. The first-order chi connectivity index (χ1) is 16.0. The normalized spacial score (nSPS) is 15.1. The highest BCUT2D eigenvalue weighted by molar-refractivity contribution is 5.97. The Labute approximate surface area is 201 Å². The van der Waals surface area contributed by atoms with Gasteiger partial charge in [-0.1, -0.05) is 50.7 Å². The minimum absolute atomic E-state index is 0. The first-order valence-electron chi connectivity index (χ1n) is 11.3. The van der Waals surface area contributed by atoms with Crippen LogP contribution in [-0.4, -0.2) is 40.3 Å². The molecular formula is C27H35N3O4. The van der Waals surface area contributed by atoms with E-state index in [1.165, 1.54) is 50.1 Å². The van der Waals surface area contributed by atoms with E-state index in [1.807, 2.05) is 12.1 Å². The summed E-state index contributed by atoms with van der Waals surface area (Å²) < 4.78 is 0. The van der Waals surface area contributed by atoms with E-state index >= 15 is 0 Å². The van der Waals surface area contributed by atoms with Crippen LogP contribution in [0.1, 0.15) is 73.5 Å². The molecule has 0 heterocycles. The van der Waals surface area contributed by atoms with Gasteiger partial charge in [0.15, 0.2) is 0 Å². The van der Waals surface area contributed by atoms with Crippen LogP contribution in [0.4, 0.5) is 0 Å². The van der Waals surface area contributed by atoms with Crippen molar-refractivity contribution in [3.63, 3.8) is 0 Å². The van der Waals surface area contributed by atoms with Gasteiger partial charge in [-0.15, -0.1) is 0 Å². The van der Waals surface area contributed by atoms with Gasteiger partial charge in [-0.25, -0.2) is 5.48 Å². The van der Waals surface area contributed by atoms with Gasteiger partial charge in [-0.3, -0.25) is 14.8 Å². The van der Waals surface area contributed by atoms with Crippen LogP contribution in [0.2, 0.25) is 0 Å². The van der Waals surface area contributed by atoms with E-state index in [1.54, 1.807) is 24.3 Å². The number of carbonyl (C=O) groups is 2. The summed E-state index contributed by atoms with van der Waals surface area (Å²) in [6, 6.07) is 14.2. The number of hydrogen-bond acceptors (Lipinski definition) is 5. The number of benzene rings is 2. The largest absolute Gasteiger partial charge is 0.391 e. The smallest absolute Gasteiger partial charge is 0.268 e. The van der Waals surface area contributed by atoms with Crippen LogP contribution in [0.3, 0.4) is 0 Å². The molecule has 1 fully saturated rings. The van der Waals surface area contributed by atoms with E-state index in [4.69, 9.17) is 5.21 Å². The van der Waals surface area contributed by atoms with Crippen molar-refractivity contribution in [3.8, 4) is 11.8 Å². The maximum absolute atomic E-state index is 12.3. The number of amides is 2. The van der Waals surface area contributed by atoms with E-state index in [2.05, 4.69) is 34.6 Å². The third-order valence-electron chi connectivity index (χ3n) is 5.81. The Hall–Kier alpha value is -3.18. The summed E-state index contributed by atoms with van der Waals surface area (Å²) in [5.74, 6) is 4.78. The van der Waals surface area contributed by atoms with Crippen molar-refractivity contribution in [2.75, 3.05) is 0 Å². The number of hydroxylamine groups is 1. The van der Waals surface area contributed by atoms with Crippen LogP contribution >= 0.6 is 0 Å². The molecule has 0 radical (unpaired) electrons. The van der Waals surface area contributed by atoms with E-state index in [0.29, 0.717) is 11.6 Å². The molecule has 5 N–H and O–H groups in total. The lowest BCUT2D eigenvalue weighted by Gasteiger charge is -2.22. The van der Waals surface area contributed by atoms with Crippen molar-refractivity contribution in [2.45, 2.75) is 71.2 Å². The Morgan fingerprint density at radius 1 is 0.971 bits per heavy atom. The third kappa shape index (κ3) is 7.99. The molecule has 1 saturated carbocycles. The number of nitrogens with one attached hydrogen (secondary N) is 3. The van der Waals surface area contributed by atoms with Gasteiger partial charge in [0.1, 0.15) is 6.04 Å². The summed E-state index contributed by atoms with van der Waals surface area (Å²) in [7, 11) is 0. The number of carbonyl (C=O) groups excluding carboxylic acids is 2. The fourth-order valence-corrected chi connectivity index (χ4v) is 3.82. The molecule has 2 aromatic carbocycles. The van der Waals surface area contributed by atoms with Gasteiger partial charge in [0.2, 0.25) is 0 Å². The second kappa shape index (κ2) is 13.5. The summed E-state index contributed by atoms with van der Waals surface area (Å²) in [5.41, 5.74) is 4.64. The number of aliphatic hydroxyl groups excluding tert-OH is 1. The lowest BCUT2D eigenvalue weighted by molar-refractivity contribution is -0.133. The number of aliphatic hydroxyl groups is 1. The quantitative estimate of drug-likeness (QED) is 0.245. The molecule has 1 aliphatic rings. The number of rotatable bonds is 7. The molecule has 2 aromatic rings. The second-order valence-corrected chi connectivity index (χ2v) is 8.41. The SMILES string of the molecule is C.C[C@@H](O)[C@H](NC(=O)c1ccc(C#Cc2ccc(CNC3CCCCC3)cc2)cc1)C(=O)NO. The molecule has 0 unspecified atom stereocenters. The molecule has 2 amide bonds. The van der Waals surface area contributed by atoms with Crippen LogP contribution < -0.4 is 16.1 Å². The minimum Gasteiger partial charge on any atom is -0.391 e. The van der Waals surface area contributed by atoms with Crippen molar-refractivity contribution >= 4 is 11.8 Å².